The van der Waals surface area contributed by atoms with Gasteiger partial charge in [0, 0.05) is 26.2 Å². The van der Waals surface area contributed by atoms with Crippen LogP contribution < -0.4 is 5.32 Å². The summed E-state index contributed by atoms with van der Waals surface area (Å²) in [6, 6.07) is 0.394. The molecule has 0 saturated carbocycles. The Bertz CT molecular complexity index is 248. The molecule has 0 aromatic rings. The molecule has 0 aromatic carbocycles. The molecule has 0 rings (SSSR count). The molecule has 0 heterocycles. The average Bonchev–Trinajstić information content (AvgIpc) is 2.02. The van der Waals surface area contributed by atoms with Crippen molar-refractivity contribution >= 4 is 10.0 Å². The third-order valence-corrected chi connectivity index (χ3v) is 4.25. The van der Waals surface area contributed by atoms with Crippen LogP contribution in [0.15, 0.2) is 0 Å². The Morgan fingerprint density at radius 1 is 1.21 bits per heavy atom. The van der Waals surface area contributed by atoms with E-state index in [1.54, 1.807) is 20.9 Å². The molecule has 0 aliphatic heterocycles. The van der Waals surface area contributed by atoms with E-state index in [1.165, 1.54) is 4.31 Å². The normalized spacial score (nSPS) is 13.1. The van der Waals surface area contributed by atoms with Gasteiger partial charge in [-0.15, -0.1) is 0 Å². The van der Waals surface area contributed by atoms with Gasteiger partial charge in [0.05, 0.1) is 5.25 Å². The predicted octanol–water partition coefficient (Wildman–Crippen LogP) is 0.654. The number of rotatable bonds is 6. The van der Waals surface area contributed by atoms with Gasteiger partial charge in [0.15, 0.2) is 0 Å². The molecule has 0 aromatic heterocycles. The minimum absolute atomic E-state index is 0.341. The van der Waals surface area contributed by atoms with Gasteiger partial charge in [-0.25, -0.2) is 12.7 Å². The van der Waals surface area contributed by atoms with E-state index in [4.69, 9.17) is 0 Å². The van der Waals surface area contributed by atoms with Gasteiger partial charge in [-0.1, -0.05) is 13.8 Å². The zero-order chi connectivity index (χ0) is 11.4. The topological polar surface area (TPSA) is 49.4 Å². The standard InChI is InChI=1S/C9H22N2O2S/c1-8(2)10-6-7-11(5)14(12,13)9(3)4/h8-10H,6-7H2,1-5H3. The van der Waals surface area contributed by atoms with Gasteiger partial charge >= 0.3 is 0 Å². The van der Waals surface area contributed by atoms with Gasteiger partial charge < -0.3 is 5.32 Å². The van der Waals surface area contributed by atoms with Gasteiger partial charge in [0.2, 0.25) is 10.0 Å². The highest BCUT2D eigenvalue weighted by atomic mass is 32.2. The van der Waals surface area contributed by atoms with E-state index in [1.807, 2.05) is 13.8 Å². The number of hydrogen-bond acceptors (Lipinski definition) is 3. The summed E-state index contributed by atoms with van der Waals surface area (Å²) in [7, 11) is -1.46. The number of nitrogens with zero attached hydrogens (tertiary/aromatic N) is 1. The fourth-order valence-corrected chi connectivity index (χ4v) is 2.06. The first-order valence-corrected chi connectivity index (χ1v) is 6.47. The molecule has 0 aliphatic carbocycles. The molecule has 0 fully saturated rings. The lowest BCUT2D eigenvalue weighted by molar-refractivity contribution is 0.442. The second-order valence-electron chi connectivity index (χ2n) is 4.02. The quantitative estimate of drug-likeness (QED) is 0.718. The van der Waals surface area contributed by atoms with E-state index in [-0.39, 0.29) is 5.25 Å². The molecule has 0 saturated heterocycles. The fourth-order valence-electron chi connectivity index (χ4n) is 0.998. The van der Waals surface area contributed by atoms with Crippen LogP contribution in [-0.4, -0.2) is 44.2 Å². The van der Waals surface area contributed by atoms with Gasteiger partial charge in [-0.2, -0.15) is 0 Å². The molecule has 5 heteroatoms. The SMILES string of the molecule is CC(C)NCCN(C)S(=O)(=O)C(C)C. The van der Waals surface area contributed by atoms with Crippen molar-refractivity contribution in [2.45, 2.75) is 39.0 Å². The lowest BCUT2D eigenvalue weighted by atomic mass is 10.4. The number of likely N-dealkylation sites (N-methyl/N-ethyl adjacent to an activating group) is 1. The van der Waals surface area contributed by atoms with Crippen molar-refractivity contribution in [2.75, 3.05) is 20.1 Å². The van der Waals surface area contributed by atoms with Crippen molar-refractivity contribution in [3.63, 3.8) is 0 Å². The van der Waals surface area contributed by atoms with Crippen molar-refractivity contribution in [3.05, 3.63) is 0 Å². The Morgan fingerprint density at radius 3 is 2.07 bits per heavy atom. The number of sulfonamides is 1. The van der Waals surface area contributed by atoms with Gasteiger partial charge in [-0.3, -0.25) is 0 Å². The molecular formula is C9H22N2O2S. The molecule has 0 radical (unpaired) electrons. The van der Waals surface area contributed by atoms with Gasteiger partial charge in [0.1, 0.15) is 0 Å². The molecule has 14 heavy (non-hydrogen) atoms. The highest BCUT2D eigenvalue weighted by Gasteiger charge is 2.21. The summed E-state index contributed by atoms with van der Waals surface area (Å²) >= 11 is 0. The van der Waals surface area contributed by atoms with E-state index in [9.17, 15) is 8.42 Å². The molecule has 0 atom stereocenters. The number of nitrogens with one attached hydrogen (secondary N) is 1. The number of hydrogen-bond donors (Lipinski definition) is 1. The summed E-state index contributed by atoms with van der Waals surface area (Å²) in [5, 5.41) is 2.84. The smallest absolute Gasteiger partial charge is 0.216 e. The van der Waals surface area contributed by atoms with E-state index in [0.717, 1.165) is 0 Å². The van der Waals surface area contributed by atoms with E-state index in [2.05, 4.69) is 5.32 Å². The molecule has 4 nitrogen and oxygen atoms in total. The molecule has 1 N–H and O–H groups in total. The van der Waals surface area contributed by atoms with Crippen LogP contribution in [0, 0.1) is 0 Å². The maximum atomic E-state index is 11.6. The average molecular weight is 222 g/mol. The molecular weight excluding hydrogens is 200 g/mol. The predicted molar refractivity (Wildman–Crippen MR) is 59.8 cm³/mol. The zero-order valence-corrected chi connectivity index (χ0v) is 10.6. The molecule has 0 unspecified atom stereocenters. The lowest BCUT2D eigenvalue weighted by Crippen LogP contribution is -2.39. The molecule has 86 valence electrons. The summed E-state index contributed by atoms with van der Waals surface area (Å²) in [6.45, 7) is 8.69. The minimum Gasteiger partial charge on any atom is -0.313 e. The largest absolute Gasteiger partial charge is 0.313 e. The van der Waals surface area contributed by atoms with Crippen LogP contribution in [0.2, 0.25) is 0 Å². The van der Waals surface area contributed by atoms with Gasteiger partial charge in [0.25, 0.3) is 0 Å². The summed E-state index contributed by atoms with van der Waals surface area (Å²) in [4.78, 5) is 0. The second-order valence-corrected chi connectivity index (χ2v) is 6.62. The van der Waals surface area contributed by atoms with E-state index in [0.29, 0.717) is 19.1 Å². The highest BCUT2D eigenvalue weighted by Crippen LogP contribution is 2.04. The Labute approximate surface area is 87.7 Å². The summed E-state index contributed by atoms with van der Waals surface area (Å²) in [6.07, 6.45) is 0. The second kappa shape index (κ2) is 5.68. The summed E-state index contributed by atoms with van der Waals surface area (Å²) < 4.78 is 24.6. The fraction of sp³-hybridized carbons (Fsp3) is 1.00. The lowest BCUT2D eigenvalue weighted by Gasteiger charge is -2.20. The van der Waals surface area contributed by atoms with Crippen molar-refractivity contribution in [1.82, 2.24) is 9.62 Å². The Hall–Kier alpha value is -0.130. The Morgan fingerprint density at radius 2 is 1.71 bits per heavy atom. The van der Waals surface area contributed by atoms with Crippen molar-refractivity contribution in [1.29, 1.82) is 0 Å². The van der Waals surface area contributed by atoms with Crippen LogP contribution in [0.1, 0.15) is 27.7 Å². The highest BCUT2D eigenvalue weighted by molar-refractivity contribution is 7.89. The van der Waals surface area contributed by atoms with Crippen LogP contribution in [0.3, 0.4) is 0 Å². The molecule has 0 amide bonds. The summed E-state index contributed by atoms with van der Waals surface area (Å²) in [5.41, 5.74) is 0. The minimum atomic E-state index is -3.08. The maximum Gasteiger partial charge on any atom is 0.216 e. The van der Waals surface area contributed by atoms with Crippen LogP contribution >= 0.6 is 0 Å². The third kappa shape index (κ3) is 4.39. The monoisotopic (exact) mass is 222 g/mol. The molecule has 0 bridgehead atoms. The van der Waals surface area contributed by atoms with Crippen molar-refractivity contribution in [2.24, 2.45) is 0 Å². The maximum absolute atomic E-state index is 11.6. The summed E-state index contributed by atoms with van der Waals surface area (Å²) in [5.74, 6) is 0. The van der Waals surface area contributed by atoms with Crippen molar-refractivity contribution in [3.8, 4) is 0 Å². The van der Waals surface area contributed by atoms with Crippen LogP contribution in [0.5, 0.6) is 0 Å². The van der Waals surface area contributed by atoms with Gasteiger partial charge in [-0.05, 0) is 13.8 Å². The van der Waals surface area contributed by atoms with Crippen molar-refractivity contribution < 1.29 is 8.42 Å². The first-order valence-electron chi connectivity index (χ1n) is 4.97. The van der Waals surface area contributed by atoms with Crippen LogP contribution in [0.4, 0.5) is 0 Å². The van der Waals surface area contributed by atoms with E-state index < -0.39 is 10.0 Å². The third-order valence-electron chi connectivity index (χ3n) is 2.01. The van der Waals surface area contributed by atoms with Crippen LogP contribution in [0.25, 0.3) is 0 Å². The van der Waals surface area contributed by atoms with E-state index >= 15 is 0 Å². The Balaban J connectivity index is 4.03. The Kier molecular flexibility index (Phi) is 5.63. The molecule has 0 aliphatic rings. The first kappa shape index (κ1) is 13.9. The van der Waals surface area contributed by atoms with Crippen LogP contribution in [-0.2, 0) is 10.0 Å². The first-order chi connectivity index (χ1) is 6.28. The molecule has 0 spiro atoms. The zero-order valence-electron chi connectivity index (χ0n) is 9.74.